The molecule has 0 saturated heterocycles. The number of rotatable bonds is 7. The van der Waals surface area contributed by atoms with E-state index < -0.39 is 11.7 Å². The molecular weight excluding hydrogens is 479 g/mol. The van der Waals surface area contributed by atoms with Crippen LogP contribution in [0, 0.1) is 6.92 Å². The zero-order valence-corrected chi connectivity index (χ0v) is 19.4. The van der Waals surface area contributed by atoms with E-state index in [1.54, 1.807) is 42.6 Å². The lowest BCUT2D eigenvalue weighted by atomic mass is 10.1. The van der Waals surface area contributed by atoms with Gasteiger partial charge < -0.3 is 10.1 Å². The fraction of sp³-hybridized carbons (Fsp3) is 0.154. The molecule has 1 N–H and O–H groups in total. The van der Waals surface area contributed by atoms with Gasteiger partial charge in [-0.3, -0.25) is 9.48 Å². The van der Waals surface area contributed by atoms with Crippen molar-refractivity contribution in [3.63, 3.8) is 0 Å². The number of aryl methyl sites for hydroxylation is 1. The van der Waals surface area contributed by atoms with Gasteiger partial charge in [0.25, 0.3) is 5.91 Å². The summed E-state index contributed by atoms with van der Waals surface area (Å²) in [5.74, 6) is 0.366. The second kappa shape index (κ2) is 10.2. The number of halogens is 4. The molecule has 0 atom stereocenters. The summed E-state index contributed by atoms with van der Waals surface area (Å²) in [6.07, 6.45) is -1.40. The Morgan fingerprint density at radius 3 is 2.60 bits per heavy atom. The smallest absolute Gasteiger partial charge is 0.416 e. The highest BCUT2D eigenvalue weighted by molar-refractivity contribution is 6.30. The molecular formula is C26H21ClF3N3O2. The highest BCUT2D eigenvalue weighted by atomic mass is 35.5. The van der Waals surface area contributed by atoms with Crippen LogP contribution in [0.1, 0.15) is 32.6 Å². The zero-order valence-electron chi connectivity index (χ0n) is 18.6. The standard InChI is InChI=1S/C26H21ClF3N3O2/c1-17-10-22(27)8-9-24(17)35-16-19-5-2-6-20(11-19)25(34)32-23-13-31-33(15-23)14-18-4-3-7-21(12-18)26(28,29)30/h2-13,15H,14,16H2,1H3,(H,32,34). The lowest BCUT2D eigenvalue weighted by Crippen LogP contribution is -2.12. The highest BCUT2D eigenvalue weighted by Crippen LogP contribution is 2.29. The third-order valence-corrected chi connectivity index (χ3v) is 5.45. The molecule has 0 saturated carbocycles. The molecule has 0 unspecified atom stereocenters. The molecule has 0 fully saturated rings. The number of alkyl halides is 3. The summed E-state index contributed by atoms with van der Waals surface area (Å²) in [7, 11) is 0. The van der Waals surface area contributed by atoms with Gasteiger partial charge in [-0.1, -0.05) is 35.9 Å². The minimum atomic E-state index is -4.41. The first kappa shape index (κ1) is 24.3. The molecule has 4 rings (SSSR count). The maximum Gasteiger partial charge on any atom is 0.416 e. The van der Waals surface area contributed by atoms with E-state index in [4.69, 9.17) is 16.3 Å². The number of hydrogen-bond donors (Lipinski definition) is 1. The molecule has 9 heteroatoms. The first-order chi connectivity index (χ1) is 16.7. The minimum Gasteiger partial charge on any atom is -0.489 e. The number of aromatic nitrogens is 2. The molecule has 4 aromatic rings. The maximum absolute atomic E-state index is 12.9. The van der Waals surface area contributed by atoms with Crippen molar-refractivity contribution in [2.45, 2.75) is 26.3 Å². The Labute approximate surface area is 205 Å². The second-order valence-electron chi connectivity index (χ2n) is 7.98. The molecule has 0 radical (unpaired) electrons. The van der Waals surface area contributed by atoms with E-state index in [2.05, 4.69) is 10.4 Å². The predicted octanol–water partition coefficient (Wildman–Crippen LogP) is 6.74. The van der Waals surface area contributed by atoms with Crippen LogP contribution in [0.5, 0.6) is 5.75 Å². The quantitative estimate of drug-likeness (QED) is 0.306. The number of benzene rings is 3. The predicted molar refractivity (Wildman–Crippen MR) is 128 cm³/mol. The zero-order chi connectivity index (χ0) is 25.0. The molecule has 0 aliphatic heterocycles. The second-order valence-corrected chi connectivity index (χ2v) is 8.41. The highest BCUT2D eigenvalue weighted by Gasteiger charge is 2.30. The molecule has 1 heterocycles. The molecule has 0 bridgehead atoms. The van der Waals surface area contributed by atoms with Crippen LogP contribution in [0.25, 0.3) is 0 Å². The average molecular weight is 500 g/mol. The van der Waals surface area contributed by atoms with E-state index in [1.807, 2.05) is 19.1 Å². The largest absolute Gasteiger partial charge is 0.489 e. The Bertz CT molecular complexity index is 1350. The molecule has 180 valence electrons. The number of hydrogen-bond acceptors (Lipinski definition) is 3. The number of ether oxygens (including phenoxy) is 1. The van der Waals surface area contributed by atoms with Crippen LogP contribution in [0.4, 0.5) is 18.9 Å². The molecule has 1 amide bonds. The normalized spacial score (nSPS) is 11.3. The van der Waals surface area contributed by atoms with Crippen LogP contribution in [0.2, 0.25) is 5.02 Å². The lowest BCUT2D eigenvalue weighted by molar-refractivity contribution is -0.137. The number of carbonyl (C=O) groups is 1. The summed E-state index contributed by atoms with van der Waals surface area (Å²) in [5, 5.41) is 7.53. The summed E-state index contributed by atoms with van der Waals surface area (Å²) < 4.78 is 46.1. The third kappa shape index (κ3) is 6.42. The van der Waals surface area contributed by atoms with Crippen molar-refractivity contribution in [2.75, 3.05) is 5.32 Å². The van der Waals surface area contributed by atoms with Gasteiger partial charge in [0.05, 0.1) is 24.0 Å². The molecule has 1 aromatic heterocycles. The molecule has 35 heavy (non-hydrogen) atoms. The van der Waals surface area contributed by atoms with E-state index in [-0.39, 0.29) is 19.1 Å². The van der Waals surface area contributed by atoms with Gasteiger partial charge >= 0.3 is 6.18 Å². The van der Waals surface area contributed by atoms with Crippen LogP contribution in [-0.2, 0) is 19.3 Å². The summed E-state index contributed by atoms with van der Waals surface area (Å²) in [4.78, 5) is 12.7. The molecule has 3 aromatic carbocycles. The van der Waals surface area contributed by atoms with Gasteiger partial charge in [0.1, 0.15) is 12.4 Å². The van der Waals surface area contributed by atoms with E-state index in [0.717, 1.165) is 23.3 Å². The van der Waals surface area contributed by atoms with E-state index >= 15 is 0 Å². The third-order valence-electron chi connectivity index (χ3n) is 5.21. The van der Waals surface area contributed by atoms with Crippen LogP contribution in [0.15, 0.2) is 79.1 Å². The number of amides is 1. The van der Waals surface area contributed by atoms with Crippen molar-refractivity contribution >= 4 is 23.2 Å². The van der Waals surface area contributed by atoms with Crippen LogP contribution < -0.4 is 10.1 Å². The van der Waals surface area contributed by atoms with Crippen molar-refractivity contribution in [1.82, 2.24) is 9.78 Å². The summed E-state index contributed by atoms with van der Waals surface area (Å²) in [6.45, 7) is 2.31. The topological polar surface area (TPSA) is 56.1 Å². The molecule has 0 aliphatic carbocycles. The van der Waals surface area contributed by atoms with Crippen molar-refractivity contribution in [3.05, 3.63) is 112 Å². The lowest BCUT2D eigenvalue weighted by Gasteiger charge is -2.10. The fourth-order valence-corrected chi connectivity index (χ4v) is 3.72. The van der Waals surface area contributed by atoms with E-state index in [1.165, 1.54) is 16.9 Å². The van der Waals surface area contributed by atoms with Gasteiger partial charge in [-0.15, -0.1) is 0 Å². The average Bonchev–Trinajstić information content (AvgIpc) is 3.25. The van der Waals surface area contributed by atoms with Crippen molar-refractivity contribution in [2.24, 2.45) is 0 Å². The Kier molecular flexibility index (Phi) is 7.12. The van der Waals surface area contributed by atoms with Crippen molar-refractivity contribution in [3.8, 4) is 5.75 Å². The minimum absolute atomic E-state index is 0.136. The Hall–Kier alpha value is -3.78. The number of anilines is 1. The SMILES string of the molecule is Cc1cc(Cl)ccc1OCc1cccc(C(=O)Nc2cnn(Cc3cccc(C(F)(F)F)c3)c2)c1. The Morgan fingerprint density at radius 2 is 1.83 bits per heavy atom. The van der Waals surface area contributed by atoms with Gasteiger partial charge in [-0.25, -0.2) is 0 Å². The van der Waals surface area contributed by atoms with E-state index in [9.17, 15) is 18.0 Å². The number of nitrogens with one attached hydrogen (secondary N) is 1. The number of carbonyl (C=O) groups excluding carboxylic acids is 1. The van der Waals surface area contributed by atoms with Gasteiger partial charge in [0.2, 0.25) is 0 Å². The van der Waals surface area contributed by atoms with Crippen molar-refractivity contribution in [1.29, 1.82) is 0 Å². The molecule has 0 aliphatic rings. The van der Waals surface area contributed by atoms with Crippen molar-refractivity contribution < 1.29 is 22.7 Å². The Morgan fingerprint density at radius 1 is 1.06 bits per heavy atom. The molecule has 5 nitrogen and oxygen atoms in total. The fourth-order valence-electron chi connectivity index (χ4n) is 3.49. The maximum atomic E-state index is 12.9. The summed E-state index contributed by atoms with van der Waals surface area (Å²) in [5.41, 5.74) is 2.32. The Balaban J connectivity index is 1.38. The van der Waals surface area contributed by atoms with Gasteiger partial charge in [-0.05, 0) is 66.1 Å². The first-order valence-corrected chi connectivity index (χ1v) is 11.0. The van der Waals surface area contributed by atoms with Gasteiger partial charge in [0.15, 0.2) is 0 Å². The number of nitrogens with zero attached hydrogens (tertiary/aromatic N) is 2. The van der Waals surface area contributed by atoms with Crippen LogP contribution in [-0.4, -0.2) is 15.7 Å². The first-order valence-electron chi connectivity index (χ1n) is 10.7. The van der Waals surface area contributed by atoms with Gasteiger partial charge in [-0.2, -0.15) is 18.3 Å². The summed E-state index contributed by atoms with van der Waals surface area (Å²) >= 11 is 5.97. The summed E-state index contributed by atoms with van der Waals surface area (Å²) in [6, 6.07) is 17.4. The molecule has 0 spiro atoms. The van der Waals surface area contributed by atoms with Crippen LogP contribution in [0.3, 0.4) is 0 Å². The monoisotopic (exact) mass is 499 g/mol. The van der Waals surface area contributed by atoms with Crippen LogP contribution >= 0.6 is 11.6 Å². The van der Waals surface area contributed by atoms with Gasteiger partial charge in [0, 0.05) is 16.8 Å². The van der Waals surface area contributed by atoms with E-state index in [0.29, 0.717) is 27.6 Å².